The standard InChI is InChI=1S/C23H26ClN3O2/c1-16-3-5-17(6-4-16)14-25-15-20-22(27-9-11-29-12-10-27)19-13-18(28-2)7-8-21(19)26-23(20)24/h3-8,13,25H,9-12,14-15H2,1-2H3. The van der Waals surface area contributed by atoms with E-state index in [1.807, 2.05) is 18.2 Å². The van der Waals surface area contributed by atoms with Crippen molar-refractivity contribution in [1.29, 1.82) is 0 Å². The summed E-state index contributed by atoms with van der Waals surface area (Å²) in [5, 5.41) is 5.14. The number of nitrogens with zero attached hydrogens (tertiary/aromatic N) is 2. The number of aromatic nitrogens is 1. The summed E-state index contributed by atoms with van der Waals surface area (Å²) in [6.07, 6.45) is 0. The summed E-state index contributed by atoms with van der Waals surface area (Å²) in [6, 6.07) is 14.5. The second-order valence-electron chi connectivity index (χ2n) is 7.30. The van der Waals surface area contributed by atoms with Crippen LogP contribution in [0.4, 0.5) is 5.69 Å². The van der Waals surface area contributed by atoms with E-state index in [0.717, 1.165) is 47.5 Å². The monoisotopic (exact) mass is 411 g/mol. The molecule has 4 rings (SSSR count). The van der Waals surface area contributed by atoms with E-state index >= 15 is 0 Å². The van der Waals surface area contributed by atoms with Crippen molar-refractivity contribution >= 4 is 28.2 Å². The average Bonchev–Trinajstić information content (AvgIpc) is 2.75. The molecule has 0 aliphatic carbocycles. The molecule has 0 amide bonds. The molecule has 29 heavy (non-hydrogen) atoms. The Morgan fingerprint density at radius 2 is 1.86 bits per heavy atom. The minimum absolute atomic E-state index is 0.542. The summed E-state index contributed by atoms with van der Waals surface area (Å²) in [5.74, 6) is 0.815. The van der Waals surface area contributed by atoms with Crippen LogP contribution in [0.25, 0.3) is 10.9 Å². The van der Waals surface area contributed by atoms with Gasteiger partial charge in [0.1, 0.15) is 10.9 Å². The second-order valence-corrected chi connectivity index (χ2v) is 7.66. The fourth-order valence-electron chi connectivity index (χ4n) is 3.71. The molecule has 1 aromatic heterocycles. The Labute approximate surface area is 176 Å². The maximum atomic E-state index is 6.66. The number of halogens is 1. The van der Waals surface area contributed by atoms with Gasteiger partial charge in [0, 0.05) is 37.1 Å². The highest BCUT2D eigenvalue weighted by Crippen LogP contribution is 2.36. The largest absolute Gasteiger partial charge is 0.497 e. The molecule has 0 saturated carbocycles. The number of hydrogen-bond acceptors (Lipinski definition) is 5. The Balaban J connectivity index is 1.68. The number of methoxy groups -OCH3 is 1. The number of rotatable bonds is 6. The van der Waals surface area contributed by atoms with Gasteiger partial charge in [0.05, 0.1) is 31.5 Å². The number of ether oxygens (including phenoxy) is 2. The molecule has 0 spiro atoms. The van der Waals surface area contributed by atoms with E-state index in [4.69, 9.17) is 21.1 Å². The molecule has 0 unspecified atom stereocenters. The van der Waals surface area contributed by atoms with Crippen LogP contribution in [0.2, 0.25) is 5.15 Å². The van der Waals surface area contributed by atoms with Gasteiger partial charge in [-0.05, 0) is 30.7 Å². The van der Waals surface area contributed by atoms with E-state index in [0.29, 0.717) is 24.9 Å². The van der Waals surface area contributed by atoms with Gasteiger partial charge in [-0.2, -0.15) is 0 Å². The third kappa shape index (κ3) is 4.47. The van der Waals surface area contributed by atoms with Gasteiger partial charge in [0.25, 0.3) is 0 Å². The number of morpholine rings is 1. The van der Waals surface area contributed by atoms with Crippen LogP contribution < -0.4 is 15.0 Å². The highest BCUT2D eigenvalue weighted by atomic mass is 35.5. The number of aryl methyl sites for hydroxylation is 1. The van der Waals surface area contributed by atoms with Crippen molar-refractivity contribution in [3.8, 4) is 5.75 Å². The lowest BCUT2D eigenvalue weighted by Crippen LogP contribution is -2.37. The first kappa shape index (κ1) is 20.0. The Morgan fingerprint density at radius 3 is 2.59 bits per heavy atom. The first-order valence-electron chi connectivity index (χ1n) is 9.91. The third-order valence-electron chi connectivity index (χ3n) is 5.29. The zero-order valence-corrected chi connectivity index (χ0v) is 17.6. The minimum Gasteiger partial charge on any atom is -0.497 e. The van der Waals surface area contributed by atoms with Gasteiger partial charge in [-0.1, -0.05) is 41.4 Å². The molecule has 2 aromatic carbocycles. The maximum Gasteiger partial charge on any atom is 0.136 e. The van der Waals surface area contributed by atoms with Crippen LogP contribution in [0.15, 0.2) is 42.5 Å². The van der Waals surface area contributed by atoms with E-state index in [9.17, 15) is 0 Å². The molecule has 152 valence electrons. The number of hydrogen-bond donors (Lipinski definition) is 1. The highest BCUT2D eigenvalue weighted by molar-refractivity contribution is 6.31. The summed E-state index contributed by atoms with van der Waals surface area (Å²) in [7, 11) is 1.68. The molecular formula is C23H26ClN3O2. The quantitative estimate of drug-likeness (QED) is 0.611. The number of fused-ring (bicyclic) bond motifs is 1. The van der Waals surface area contributed by atoms with Crippen LogP contribution in [0, 0.1) is 6.92 Å². The van der Waals surface area contributed by atoms with Crippen LogP contribution in [0.1, 0.15) is 16.7 Å². The minimum atomic E-state index is 0.542. The van der Waals surface area contributed by atoms with Crippen molar-refractivity contribution in [3.05, 3.63) is 64.3 Å². The van der Waals surface area contributed by atoms with Gasteiger partial charge < -0.3 is 19.7 Å². The van der Waals surface area contributed by atoms with Crippen LogP contribution in [-0.2, 0) is 17.8 Å². The average molecular weight is 412 g/mol. The van der Waals surface area contributed by atoms with Crippen LogP contribution in [-0.4, -0.2) is 38.4 Å². The number of anilines is 1. The Hall–Kier alpha value is -2.34. The smallest absolute Gasteiger partial charge is 0.136 e. The summed E-state index contributed by atoms with van der Waals surface area (Å²) in [6.45, 7) is 6.59. The van der Waals surface area contributed by atoms with E-state index < -0.39 is 0 Å². The molecule has 0 atom stereocenters. The van der Waals surface area contributed by atoms with Crippen molar-refractivity contribution in [1.82, 2.24) is 10.3 Å². The maximum absolute atomic E-state index is 6.66. The normalized spacial score (nSPS) is 14.4. The summed E-state index contributed by atoms with van der Waals surface area (Å²) < 4.78 is 11.0. The van der Waals surface area contributed by atoms with Gasteiger partial charge in [-0.3, -0.25) is 0 Å². The van der Waals surface area contributed by atoms with E-state index in [1.54, 1.807) is 7.11 Å². The topological polar surface area (TPSA) is 46.6 Å². The van der Waals surface area contributed by atoms with Crippen LogP contribution in [0.3, 0.4) is 0 Å². The molecule has 2 heterocycles. The summed E-state index contributed by atoms with van der Waals surface area (Å²) in [4.78, 5) is 7.00. The zero-order valence-electron chi connectivity index (χ0n) is 16.9. The van der Waals surface area contributed by atoms with Crippen molar-refractivity contribution in [2.75, 3.05) is 38.3 Å². The highest BCUT2D eigenvalue weighted by Gasteiger charge is 2.21. The van der Waals surface area contributed by atoms with Gasteiger partial charge in [-0.15, -0.1) is 0 Å². The predicted octanol–water partition coefficient (Wildman–Crippen LogP) is 4.33. The van der Waals surface area contributed by atoms with Crippen molar-refractivity contribution in [2.24, 2.45) is 0 Å². The lowest BCUT2D eigenvalue weighted by atomic mass is 10.1. The Morgan fingerprint density at radius 1 is 1.10 bits per heavy atom. The molecule has 1 aliphatic rings. The molecule has 3 aromatic rings. The predicted molar refractivity (Wildman–Crippen MR) is 118 cm³/mol. The lowest BCUT2D eigenvalue weighted by molar-refractivity contribution is 0.122. The van der Waals surface area contributed by atoms with E-state index in [2.05, 4.69) is 46.4 Å². The molecular weight excluding hydrogens is 386 g/mol. The SMILES string of the molecule is COc1ccc2nc(Cl)c(CNCc3ccc(C)cc3)c(N3CCOCC3)c2c1. The molecule has 1 saturated heterocycles. The number of pyridine rings is 1. The Bertz CT molecular complexity index is 986. The van der Waals surface area contributed by atoms with E-state index in [-0.39, 0.29) is 0 Å². The molecule has 1 N–H and O–H groups in total. The molecule has 0 bridgehead atoms. The van der Waals surface area contributed by atoms with Gasteiger partial charge in [0.2, 0.25) is 0 Å². The molecule has 6 heteroatoms. The van der Waals surface area contributed by atoms with Gasteiger partial charge in [0.15, 0.2) is 0 Å². The fraction of sp³-hybridized carbons (Fsp3) is 0.348. The van der Waals surface area contributed by atoms with Crippen LogP contribution >= 0.6 is 11.6 Å². The summed E-state index contributed by atoms with van der Waals surface area (Å²) >= 11 is 6.66. The Kier molecular flexibility index (Phi) is 6.19. The van der Waals surface area contributed by atoms with Crippen molar-refractivity contribution in [2.45, 2.75) is 20.0 Å². The molecule has 0 radical (unpaired) electrons. The first-order chi connectivity index (χ1) is 14.2. The van der Waals surface area contributed by atoms with Gasteiger partial charge >= 0.3 is 0 Å². The van der Waals surface area contributed by atoms with Crippen LogP contribution in [0.5, 0.6) is 5.75 Å². The summed E-state index contributed by atoms with van der Waals surface area (Å²) in [5.41, 5.74) is 5.52. The number of benzene rings is 2. The molecule has 1 fully saturated rings. The van der Waals surface area contributed by atoms with E-state index in [1.165, 1.54) is 11.1 Å². The molecule has 1 aliphatic heterocycles. The first-order valence-corrected chi connectivity index (χ1v) is 10.3. The lowest BCUT2D eigenvalue weighted by Gasteiger charge is -2.32. The third-order valence-corrected chi connectivity index (χ3v) is 5.60. The number of nitrogens with one attached hydrogen (secondary N) is 1. The zero-order chi connectivity index (χ0) is 20.2. The second kappa shape index (κ2) is 8.99. The fourth-order valence-corrected chi connectivity index (χ4v) is 3.95. The van der Waals surface area contributed by atoms with Gasteiger partial charge in [-0.25, -0.2) is 4.98 Å². The van der Waals surface area contributed by atoms with Crippen molar-refractivity contribution in [3.63, 3.8) is 0 Å². The van der Waals surface area contributed by atoms with Crippen molar-refractivity contribution < 1.29 is 9.47 Å². The molecule has 5 nitrogen and oxygen atoms in total.